The van der Waals surface area contributed by atoms with Crippen LogP contribution < -0.4 is 9.67 Å². The second-order valence-electron chi connectivity index (χ2n) is 7.30. The normalized spacial score (nSPS) is 12.4. The summed E-state index contributed by atoms with van der Waals surface area (Å²) in [6, 6.07) is 0. The smallest absolute Gasteiger partial charge is 0.256 e. The molecule has 0 amide bonds. The van der Waals surface area contributed by atoms with Crippen molar-refractivity contribution in [1.29, 1.82) is 0 Å². The topological polar surface area (TPSA) is 48.9 Å². The molecule has 0 bridgehead atoms. The van der Waals surface area contributed by atoms with E-state index in [9.17, 15) is 9.90 Å². The molecular weight excluding hydrogens is 312 g/mol. The van der Waals surface area contributed by atoms with E-state index in [4.69, 9.17) is 0 Å². The molecule has 144 valence electrons. The number of carbonyl (C=O) groups excluding carboxylic acids is 1. The van der Waals surface area contributed by atoms with Crippen LogP contribution in [0.5, 0.6) is 0 Å². The van der Waals surface area contributed by atoms with Gasteiger partial charge in [0.2, 0.25) is 0 Å². The maximum Gasteiger partial charge on any atom is 0.256 e. The molecule has 1 heterocycles. The van der Waals surface area contributed by atoms with Crippen molar-refractivity contribution >= 4 is 5.97 Å². The number of hydrogen-bond acceptors (Lipinski definition) is 2. The second kappa shape index (κ2) is 13.0. The highest BCUT2D eigenvalue weighted by atomic mass is 16.4. The molecule has 0 spiro atoms. The van der Waals surface area contributed by atoms with Crippen molar-refractivity contribution in [2.24, 2.45) is 5.92 Å². The van der Waals surface area contributed by atoms with Gasteiger partial charge in [0.25, 0.3) is 5.82 Å². The first-order valence-electron chi connectivity index (χ1n) is 10.4. The third-order valence-electron chi connectivity index (χ3n) is 5.06. The molecule has 0 saturated heterocycles. The fraction of sp³-hybridized carbons (Fsp3) is 0.810. The van der Waals surface area contributed by atoms with E-state index in [0.29, 0.717) is 6.54 Å². The Balaban J connectivity index is 2.27. The van der Waals surface area contributed by atoms with Gasteiger partial charge in [-0.2, -0.15) is 0 Å². The number of rotatable bonds is 15. The number of carboxylic acid groups (broad SMARTS) is 1. The fourth-order valence-corrected chi connectivity index (χ4v) is 3.38. The highest BCUT2D eigenvalue weighted by Crippen LogP contribution is 2.12. The Morgan fingerprint density at radius 2 is 1.60 bits per heavy atom. The van der Waals surface area contributed by atoms with Crippen molar-refractivity contribution in [3.05, 3.63) is 18.2 Å². The third-order valence-corrected chi connectivity index (χ3v) is 5.06. The summed E-state index contributed by atoms with van der Waals surface area (Å²) in [5, 5.41) is 11.0. The highest BCUT2D eigenvalue weighted by Gasteiger charge is 2.18. The summed E-state index contributed by atoms with van der Waals surface area (Å²) in [7, 11) is 0. The van der Waals surface area contributed by atoms with Crippen molar-refractivity contribution in [3.8, 4) is 0 Å². The Morgan fingerprint density at radius 1 is 1.04 bits per heavy atom. The average Bonchev–Trinajstić information content (AvgIpc) is 2.98. The molecule has 0 fully saturated rings. The lowest BCUT2D eigenvalue weighted by Gasteiger charge is -2.11. The van der Waals surface area contributed by atoms with Gasteiger partial charge in [0.1, 0.15) is 12.4 Å². The lowest BCUT2D eigenvalue weighted by molar-refractivity contribution is -0.708. The van der Waals surface area contributed by atoms with Gasteiger partial charge < -0.3 is 9.90 Å². The number of unbranched alkanes of at least 4 members (excludes halogenated alkanes) is 9. The van der Waals surface area contributed by atoms with Crippen molar-refractivity contribution < 1.29 is 14.5 Å². The molecule has 1 unspecified atom stereocenters. The number of imidazole rings is 1. The van der Waals surface area contributed by atoms with Crippen LogP contribution in [-0.2, 0) is 24.3 Å². The fourth-order valence-electron chi connectivity index (χ4n) is 3.38. The van der Waals surface area contributed by atoms with E-state index >= 15 is 0 Å². The van der Waals surface area contributed by atoms with Crippen molar-refractivity contribution in [3.63, 3.8) is 0 Å². The minimum atomic E-state index is -0.971. The molecule has 1 atom stereocenters. The molecule has 0 aliphatic carbocycles. The van der Waals surface area contributed by atoms with E-state index in [-0.39, 0.29) is 0 Å². The molecule has 4 nitrogen and oxygen atoms in total. The highest BCUT2D eigenvalue weighted by molar-refractivity contribution is 5.66. The Morgan fingerprint density at radius 3 is 2.12 bits per heavy atom. The summed E-state index contributed by atoms with van der Waals surface area (Å²) in [6.07, 6.45) is 18.5. The van der Waals surface area contributed by atoms with Crippen LogP contribution in [0.1, 0.15) is 90.8 Å². The summed E-state index contributed by atoms with van der Waals surface area (Å²) in [5.41, 5.74) is 0. The number of aryl methyl sites for hydroxylation is 1. The van der Waals surface area contributed by atoms with Crippen LogP contribution in [0.25, 0.3) is 0 Å². The second-order valence-corrected chi connectivity index (χ2v) is 7.30. The average molecular weight is 351 g/mol. The summed E-state index contributed by atoms with van der Waals surface area (Å²) in [4.78, 5) is 11.0. The minimum absolute atomic E-state index is 0.454. The van der Waals surface area contributed by atoms with Gasteiger partial charge in [-0.05, 0) is 13.3 Å². The number of aliphatic carboxylic acids is 1. The lowest BCUT2D eigenvalue weighted by Crippen LogP contribution is -2.45. The van der Waals surface area contributed by atoms with Gasteiger partial charge >= 0.3 is 0 Å². The quantitative estimate of drug-likeness (QED) is 0.358. The standard InChI is InChI=1S/C21H38N2O2/c1-4-6-7-8-9-10-11-12-13-14-15-20-22(5-2)16-17-23(20)18-19(3)21(24)25/h16-17,19H,4-15,18H2,1-3H3. The Kier molecular flexibility index (Phi) is 11.3. The van der Waals surface area contributed by atoms with Crippen LogP contribution in [-0.4, -0.2) is 10.5 Å². The maximum atomic E-state index is 11.0. The van der Waals surface area contributed by atoms with Crippen LogP contribution in [0.2, 0.25) is 0 Å². The zero-order chi connectivity index (χ0) is 18.5. The molecule has 0 saturated carbocycles. The van der Waals surface area contributed by atoms with E-state index in [1.165, 1.54) is 70.0 Å². The minimum Gasteiger partial charge on any atom is -0.550 e. The van der Waals surface area contributed by atoms with E-state index in [1.54, 1.807) is 6.92 Å². The third kappa shape index (κ3) is 8.55. The van der Waals surface area contributed by atoms with Gasteiger partial charge in [0.05, 0.1) is 13.1 Å². The predicted octanol–water partition coefficient (Wildman–Crippen LogP) is 3.64. The summed E-state index contributed by atoms with van der Waals surface area (Å²) >= 11 is 0. The van der Waals surface area contributed by atoms with Crippen molar-refractivity contribution in [1.82, 2.24) is 4.57 Å². The first-order valence-corrected chi connectivity index (χ1v) is 10.4. The zero-order valence-electron chi connectivity index (χ0n) is 16.6. The SMILES string of the molecule is CCCCCCCCCCCCc1n(CC)cc[n+]1CC(C)C(=O)[O-]. The lowest BCUT2D eigenvalue weighted by atomic mass is 10.1. The predicted molar refractivity (Wildman–Crippen MR) is 100 cm³/mol. The Labute approximate surface area is 154 Å². The Hall–Kier alpha value is -1.32. The zero-order valence-corrected chi connectivity index (χ0v) is 16.6. The molecule has 0 aromatic carbocycles. The number of nitrogens with zero attached hydrogens (tertiary/aromatic N) is 2. The molecule has 1 rings (SSSR count). The van der Waals surface area contributed by atoms with Crippen LogP contribution in [0.15, 0.2) is 12.4 Å². The molecule has 1 aromatic rings. The molecule has 1 aromatic heterocycles. The summed E-state index contributed by atoms with van der Waals surface area (Å²) in [6.45, 7) is 7.55. The van der Waals surface area contributed by atoms with Crippen LogP contribution >= 0.6 is 0 Å². The molecule has 0 aliphatic rings. The molecule has 25 heavy (non-hydrogen) atoms. The largest absolute Gasteiger partial charge is 0.550 e. The van der Waals surface area contributed by atoms with Crippen LogP contribution in [0.3, 0.4) is 0 Å². The molecule has 0 radical (unpaired) electrons. The van der Waals surface area contributed by atoms with Gasteiger partial charge in [0, 0.05) is 18.3 Å². The van der Waals surface area contributed by atoms with Crippen LogP contribution in [0.4, 0.5) is 0 Å². The monoisotopic (exact) mass is 350 g/mol. The van der Waals surface area contributed by atoms with Gasteiger partial charge in [-0.3, -0.25) is 0 Å². The number of carboxylic acids is 1. The summed E-state index contributed by atoms with van der Waals surface area (Å²) in [5.74, 6) is -0.180. The number of carbonyl (C=O) groups is 1. The van der Waals surface area contributed by atoms with Crippen molar-refractivity contribution in [2.45, 2.75) is 104 Å². The van der Waals surface area contributed by atoms with E-state index in [1.807, 2.05) is 6.20 Å². The van der Waals surface area contributed by atoms with E-state index in [2.05, 4.69) is 29.2 Å². The maximum absolute atomic E-state index is 11.0. The first-order chi connectivity index (χ1) is 12.1. The number of aromatic nitrogens is 2. The molecule has 4 heteroatoms. The van der Waals surface area contributed by atoms with Crippen molar-refractivity contribution in [2.75, 3.05) is 0 Å². The van der Waals surface area contributed by atoms with Gasteiger partial charge in [-0.1, -0.05) is 71.6 Å². The molecule has 0 aliphatic heterocycles. The Bertz CT molecular complexity index is 482. The number of hydrogen-bond donors (Lipinski definition) is 0. The van der Waals surface area contributed by atoms with E-state index in [0.717, 1.165) is 13.0 Å². The summed E-state index contributed by atoms with van der Waals surface area (Å²) < 4.78 is 4.33. The van der Waals surface area contributed by atoms with E-state index < -0.39 is 11.9 Å². The molecular formula is C21H38N2O2. The van der Waals surface area contributed by atoms with Gasteiger partial charge in [-0.15, -0.1) is 0 Å². The van der Waals surface area contributed by atoms with Gasteiger partial charge in [-0.25, -0.2) is 9.13 Å². The first kappa shape index (κ1) is 21.7. The molecule has 0 N–H and O–H groups in total. The van der Waals surface area contributed by atoms with Gasteiger partial charge in [0.15, 0.2) is 0 Å². The van der Waals surface area contributed by atoms with Crippen LogP contribution in [0, 0.1) is 5.92 Å².